The smallest absolute Gasteiger partial charge is 0.0465 e. The number of nitrogens with one attached hydrogen (secondary N) is 1. The Hall–Kier alpha value is -0.280. The fourth-order valence-electron chi connectivity index (χ4n) is 2.87. The van der Waals surface area contributed by atoms with Crippen LogP contribution in [0.1, 0.15) is 31.2 Å². The van der Waals surface area contributed by atoms with Gasteiger partial charge in [-0.3, -0.25) is 4.90 Å². The van der Waals surface area contributed by atoms with Crippen molar-refractivity contribution in [2.45, 2.75) is 44.3 Å². The molecule has 19 heavy (non-hydrogen) atoms. The summed E-state index contributed by atoms with van der Waals surface area (Å²) < 4.78 is 0. The zero-order chi connectivity index (χ0) is 13.8. The maximum Gasteiger partial charge on any atom is 0.0465 e. The molecule has 0 spiro atoms. The second kappa shape index (κ2) is 6.94. The molecule has 1 saturated carbocycles. The van der Waals surface area contributed by atoms with Crippen molar-refractivity contribution in [1.82, 2.24) is 10.2 Å². The van der Waals surface area contributed by atoms with E-state index >= 15 is 0 Å². The predicted molar refractivity (Wildman–Crippen MR) is 83.0 cm³/mol. The number of hydrogen-bond acceptors (Lipinski definition) is 2. The lowest BCUT2D eigenvalue weighted by atomic mass is 9.90. The molecule has 0 amide bonds. The molecule has 0 radical (unpaired) electrons. The third kappa shape index (κ3) is 3.85. The molecule has 0 unspecified atom stereocenters. The first kappa shape index (κ1) is 15.1. The lowest BCUT2D eigenvalue weighted by molar-refractivity contribution is 0.170. The van der Waals surface area contributed by atoms with Crippen LogP contribution in [0.4, 0.5) is 0 Å². The Morgan fingerprint density at radius 2 is 1.74 bits per heavy atom. The van der Waals surface area contributed by atoms with Crippen molar-refractivity contribution in [3.05, 3.63) is 33.8 Å². The van der Waals surface area contributed by atoms with E-state index in [0.717, 1.165) is 22.2 Å². The summed E-state index contributed by atoms with van der Waals surface area (Å²) in [5.74, 6) is 0. The average molecular weight is 301 g/mol. The second-order valence-electron chi connectivity index (χ2n) is 5.41. The minimum atomic E-state index is 0.636. The van der Waals surface area contributed by atoms with Crippen LogP contribution in [0.2, 0.25) is 10.0 Å². The first-order valence-electron chi connectivity index (χ1n) is 6.92. The summed E-state index contributed by atoms with van der Waals surface area (Å²) in [6.07, 6.45) is 4.98. The van der Waals surface area contributed by atoms with E-state index in [-0.39, 0.29) is 0 Å². The van der Waals surface area contributed by atoms with Crippen LogP contribution in [-0.2, 0) is 6.54 Å². The Balaban J connectivity index is 1.96. The minimum absolute atomic E-state index is 0.636. The van der Waals surface area contributed by atoms with E-state index in [1.807, 2.05) is 18.2 Å². The summed E-state index contributed by atoms with van der Waals surface area (Å²) in [5.41, 5.74) is 1.05. The molecule has 0 bridgehead atoms. The highest BCUT2D eigenvalue weighted by Crippen LogP contribution is 2.28. The molecule has 1 aromatic carbocycles. The van der Waals surface area contributed by atoms with Gasteiger partial charge in [-0.15, -0.1) is 0 Å². The third-order valence-electron chi connectivity index (χ3n) is 4.20. The van der Waals surface area contributed by atoms with Gasteiger partial charge in [0.25, 0.3) is 0 Å². The number of rotatable bonds is 4. The van der Waals surface area contributed by atoms with Crippen molar-refractivity contribution in [3.8, 4) is 0 Å². The fourth-order valence-corrected chi connectivity index (χ4v) is 3.38. The summed E-state index contributed by atoms with van der Waals surface area (Å²) in [5, 5.41) is 4.90. The Kier molecular flexibility index (Phi) is 5.52. The quantitative estimate of drug-likeness (QED) is 0.905. The SMILES string of the molecule is CNC1CCC(N(C)Cc2c(Cl)cccc2Cl)CC1. The summed E-state index contributed by atoms with van der Waals surface area (Å²) in [4.78, 5) is 2.39. The predicted octanol–water partition coefficient (Wildman–Crippen LogP) is 3.96. The zero-order valence-corrected chi connectivity index (χ0v) is 13.1. The van der Waals surface area contributed by atoms with Crippen LogP contribution in [0.25, 0.3) is 0 Å². The molecular formula is C15H22Cl2N2. The van der Waals surface area contributed by atoms with Gasteiger partial charge in [-0.2, -0.15) is 0 Å². The molecule has 1 aliphatic carbocycles. The molecule has 1 aromatic rings. The van der Waals surface area contributed by atoms with Crippen molar-refractivity contribution >= 4 is 23.2 Å². The molecule has 1 fully saturated rings. The topological polar surface area (TPSA) is 15.3 Å². The molecule has 0 aliphatic heterocycles. The Bertz CT molecular complexity index is 394. The summed E-state index contributed by atoms with van der Waals surface area (Å²) >= 11 is 12.5. The van der Waals surface area contributed by atoms with Gasteiger partial charge in [-0.05, 0) is 51.9 Å². The monoisotopic (exact) mass is 300 g/mol. The Labute approximate surface area is 126 Å². The van der Waals surface area contributed by atoms with Crippen LogP contribution in [0.5, 0.6) is 0 Å². The molecule has 1 N–H and O–H groups in total. The van der Waals surface area contributed by atoms with Gasteiger partial charge in [0.2, 0.25) is 0 Å². The van der Waals surface area contributed by atoms with Gasteiger partial charge in [-0.25, -0.2) is 0 Å². The highest BCUT2D eigenvalue weighted by molar-refractivity contribution is 6.35. The van der Waals surface area contributed by atoms with Gasteiger partial charge in [0, 0.05) is 34.2 Å². The summed E-state index contributed by atoms with van der Waals surface area (Å²) in [6, 6.07) is 7.04. The number of hydrogen-bond donors (Lipinski definition) is 1. The fraction of sp³-hybridized carbons (Fsp3) is 0.600. The van der Waals surface area contributed by atoms with E-state index in [1.54, 1.807) is 0 Å². The molecule has 0 aromatic heterocycles. The van der Waals surface area contributed by atoms with Gasteiger partial charge in [0.05, 0.1) is 0 Å². The maximum atomic E-state index is 6.24. The number of nitrogens with zero attached hydrogens (tertiary/aromatic N) is 1. The molecule has 0 atom stereocenters. The van der Waals surface area contributed by atoms with E-state index < -0.39 is 0 Å². The average Bonchev–Trinajstić information content (AvgIpc) is 2.43. The number of benzene rings is 1. The van der Waals surface area contributed by atoms with Crippen LogP contribution in [0.3, 0.4) is 0 Å². The first-order chi connectivity index (χ1) is 9.11. The van der Waals surface area contributed by atoms with Crippen LogP contribution < -0.4 is 5.32 Å². The van der Waals surface area contributed by atoms with Crippen molar-refractivity contribution in [1.29, 1.82) is 0 Å². The van der Waals surface area contributed by atoms with Crippen LogP contribution in [0, 0.1) is 0 Å². The highest BCUT2D eigenvalue weighted by Gasteiger charge is 2.23. The largest absolute Gasteiger partial charge is 0.317 e. The molecule has 0 heterocycles. The molecule has 4 heteroatoms. The molecule has 2 nitrogen and oxygen atoms in total. The van der Waals surface area contributed by atoms with E-state index in [2.05, 4.69) is 24.3 Å². The van der Waals surface area contributed by atoms with Crippen molar-refractivity contribution in [2.24, 2.45) is 0 Å². The van der Waals surface area contributed by atoms with E-state index in [4.69, 9.17) is 23.2 Å². The van der Waals surface area contributed by atoms with E-state index in [9.17, 15) is 0 Å². The van der Waals surface area contributed by atoms with E-state index in [0.29, 0.717) is 12.1 Å². The Morgan fingerprint density at radius 3 is 2.26 bits per heavy atom. The van der Waals surface area contributed by atoms with Gasteiger partial charge < -0.3 is 5.32 Å². The van der Waals surface area contributed by atoms with Crippen LogP contribution in [0.15, 0.2) is 18.2 Å². The lowest BCUT2D eigenvalue weighted by Crippen LogP contribution is -2.39. The third-order valence-corrected chi connectivity index (χ3v) is 4.91. The van der Waals surface area contributed by atoms with Crippen molar-refractivity contribution in [2.75, 3.05) is 14.1 Å². The minimum Gasteiger partial charge on any atom is -0.317 e. The van der Waals surface area contributed by atoms with Gasteiger partial charge in [0.1, 0.15) is 0 Å². The molecule has 106 valence electrons. The maximum absolute atomic E-state index is 6.24. The Morgan fingerprint density at radius 1 is 1.16 bits per heavy atom. The van der Waals surface area contributed by atoms with Gasteiger partial charge in [-0.1, -0.05) is 29.3 Å². The van der Waals surface area contributed by atoms with Crippen molar-refractivity contribution < 1.29 is 0 Å². The highest BCUT2D eigenvalue weighted by atomic mass is 35.5. The van der Waals surface area contributed by atoms with Crippen LogP contribution in [-0.4, -0.2) is 31.1 Å². The second-order valence-corrected chi connectivity index (χ2v) is 6.22. The van der Waals surface area contributed by atoms with E-state index in [1.165, 1.54) is 25.7 Å². The van der Waals surface area contributed by atoms with Gasteiger partial charge >= 0.3 is 0 Å². The van der Waals surface area contributed by atoms with Crippen LogP contribution >= 0.6 is 23.2 Å². The summed E-state index contributed by atoms with van der Waals surface area (Å²) in [6.45, 7) is 0.827. The van der Waals surface area contributed by atoms with Crippen molar-refractivity contribution in [3.63, 3.8) is 0 Å². The zero-order valence-electron chi connectivity index (χ0n) is 11.6. The number of halogens is 2. The standard InChI is InChI=1S/C15H22Cl2N2/c1-18-11-6-8-12(9-7-11)19(2)10-13-14(16)4-3-5-15(13)17/h3-5,11-12,18H,6-10H2,1-2H3. The lowest BCUT2D eigenvalue weighted by Gasteiger charge is -2.34. The molecule has 1 aliphatic rings. The summed E-state index contributed by atoms with van der Waals surface area (Å²) in [7, 11) is 4.22. The molecule has 2 rings (SSSR count). The molecule has 0 saturated heterocycles. The molecular weight excluding hydrogens is 279 g/mol. The first-order valence-corrected chi connectivity index (χ1v) is 7.67. The van der Waals surface area contributed by atoms with Gasteiger partial charge in [0.15, 0.2) is 0 Å². The normalized spacial score (nSPS) is 23.8.